The van der Waals surface area contributed by atoms with E-state index in [1.165, 1.54) is 0 Å². The van der Waals surface area contributed by atoms with E-state index in [-0.39, 0.29) is 0 Å². The van der Waals surface area contributed by atoms with E-state index in [0.29, 0.717) is 0 Å². The lowest BCUT2D eigenvalue weighted by Crippen LogP contribution is -2.29. The summed E-state index contributed by atoms with van der Waals surface area (Å²) in [6.07, 6.45) is 3.62. The van der Waals surface area contributed by atoms with Crippen molar-refractivity contribution in [2.24, 2.45) is 5.73 Å². The second-order valence-electron chi connectivity index (χ2n) is 5.12. The van der Waals surface area contributed by atoms with Crippen molar-refractivity contribution in [1.82, 2.24) is 20.0 Å². The van der Waals surface area contributed by atoms with E-state index < -0.39 is 5.54 Å². The summed E-state index contributed by atoms with van der Waals surface area (Å²) in [7, 11) is 0. The van der Waals surface area contributed by atoms with E-state index in [9.17, 15) is 0 Å². The molecule has 0 bridgehead atoms. The van der Waals surface area contributed by atoms with Crippen LogP contribution in [0.2, 0.25) is 0 Å². The summed E-state index contributed by atoms with van der Waals surface area (Å²) in [6.45, 7) is 3.81. The third-order valence-electron chi connectivity index (χ3n) is 3.01. The average molecular weight is 253 g/mol. The van der Waals surface area contributed by atoms with Crippen LogP contribution in [0.15, 0.2) is 42.7 Å². The quantitative estimate of drug-likeness (QED) is 0.758. The standard InChI is InChI=1S/C14H15N5/c1-14(2,15)12-9-19(18-17-12)11-7-3-5-10-6-4-8-16-13(10)11/h3-9H,15H2,1-2H3. The summed E-state index contributed by atoms with van der Waals surface area (Å²) >= 11 is 0. The van der Waals surface area contributed by atoms with E-state index in [4.69, 9.17) is 5.73 Å². The van der Waals surface area contributed by atoms with Crippen LogP contribution in [0.4, 0.5) is 0 Å². The van der Waals surface area contributed by atoms with Crippen LogP contribution in [0.1, 0.15) is 19.5 Å². The van der Waals surface area contributed by atoms with Crippen LogP contribution < -0.4 is 5.73 Å². The number of para-hydroxylation sites is 1. The Hall–Kier alpha value is -2.27. The van der Waals surface area contributed by atoms with Crippen LogP contribution in [0.5, 0.6) is 0 Å². The molecule has 0 radical (unpaired) electrons. The molecule has 5 nitrogen and oxygen atoms in total. The van der Waals surface area contributed by atoms with Gasteiger partial charge in [0.2, 0.25) is 0 Å². The minimum atomic E-state index is -0.504. The van der Waals surface area contributed by atoms with Gasteiger partial charge in [-0.2, -0.15) is 0 Å². The number of hydrogen-bond donors (Lipinski definition) is 1. The van der Waals surface area contributed by atoms with Crippen LogP contribution in [0.3, 0.4) is 0 Å². The highest BCUT2D eigenvalue weighted by Crippen LogP contribution is 2.21. The third kappa shape index (κ3) is 2.08. The number of benzene rings is 1. The number of rotatable bonds is 2. The molecule has 0 amide bonds. The van der Waals surface area contributed by atoms with E-state index in [0.717, 1.165) is 22.3 Å². The van der Waals surface area contributed by atoms with Gasteiger partial charge < -0.3 is 5.73 Å². The molecule has 2 heterocycles. The molecule has 96 valence electrons. The maximum atomic E-state index is 6.03. The van der Waals surface area contributed by atoms with Crippen molar-refractivity contribution >= 4 is 10.9 Å². The number of aromatic nitrogens is 4. The molecule has 0 atom stereocenters. The largest absolute Gasteiger partial charge is 0.320 e. The van der Waals surface area contributed by atoms with Crippen molar-refractivity contribution < 1.29 is 0 Å². The summed E-state index contributed by atoms with van der Waals surface area (Å²) in [6, 6.07) is 9.92. The SMILES string of the molecule is CC(C)(N)c1cn(-c2cccc3cccnc23)nn1. The van der Waals surface area contributed by atoms with Crippen LogP contribution in [-0.2, 0) is 5.54 Å². The number of nitrogens with zero attached hydrogens (tertiary/aromatic N) is 4. The molecule has 2 aromatic heterocycles. The molecule has 0 spiro atoms. The molecule has 0 aliphatic rings. The van der Waals surface area contributed by atoms with Gasteiger partial charge in [0.05, 0.1) is 22.9 Å². The van der Waals surface area contributed by atoms with E-state index in [1.807, 2.05) is 50.4 Å². The Morgan fingerprint density at radius 2 is 1.95 bits per heavy atom. The molecule has 3 aromatic rings. The Bertz CT molecular complexity index is 719. The Labute approximate surface area is 111 Å². The first-order valence-corrected chi connectivity index (χ1v) is 6.11. The number of nitrogens with two attached hydrogens (primary N) is 1. The molecule has 5 heteroatoms. The highest BCUT2D eigenvalue weighted by atomic mass is 15.4. The molecule has 0 saturated heterocycles. The zero-order valence-corrected chi connectivity index (χ0v) is 10.9. The molecule has 0 fully saturated rings. The van der Waals surface area contributed by atoms with Crippen LogP contribution in [0, 0.1) is 0 Å². The first-order valence-electron chi connectivity index (χ1n) is 6.11. The fraction of sp³-hybridized carbons (Fsp3) is 0.214. The number of fused-ring (bicyclic) bond motifs is 1. The smallest absolute Gasteiger partial charge is 0.102 e. The summed E-state index contributed by atoms with van der Waals surface area (Å²) in [4.78, 5) is 4.41. The Balaban J connectivity index is 2.17. The van der Waals surface area contributed by atoms with Crippen LogP contribution >= 0.6 is 0 Å². The lowest BCUT2D eigenvalue weighted by atomic mass is 10.0. The summed E-state index contributed by atoms with van der Waals surface area (Å²) in [5.74, 6) is 0. The van der Waals surface area contributed by atoms with Crippen molar-refractivity contribution in [3.05, 3.63) is 48.4 Å². The molecule has 0 saturated carbocycles. The lowest BCUT2D eigenvalue weighted by molar-refractivity contribution is 0.533. The van der Waals surface area contributed by atoms with E-state index >= 15 is 0 Å². The van der Waals surface area contributed by atoms with Gasteiger partial charge in [0.15, 0.2) is 0 Å². The van der Waals surface area contributed by atoms with Crippen LogP contribution in [0.25, 0.3) is 16.6 Å². The van der Waals surface area contributed by atoms with Gasteiger partial charge in [-0.05, 0) is 26.0 Å². The summed E-state index contributed by atoms with van der Waals surface area (Å²) in [5.41, 5.74) is 8.08. The Morgan fingerprint density at radius 3 is 2.68 bits per heavy atom. The molecular weight excluding hydrogens is 238 g/mol. The summed E-state index contributed by atoms with van der Waals surface area (Å²) in [5, 5.41) is 9.35. The Kier molecular flexibility index (Phi) is 2.57. The average Bonchev–Trinajstić information content (AvgIpc) is 2.87. The summed E-state index contributed by atoms with van der Waals surface area (Å²) < 4.78 is 1.72. The predicted molar refractivity (Wildman–Crippen MR) is 73.9 cm³/mol. The molecule has 2 N–H and O–H groups in total. The van der Waals surface area contributed by atoms with Crippen molar-refractivity contribution in [3.8, 4) is 5.69 Å². The van der Waals surface area contributed by atoms with E-state index in [1.54, 1.807) is 10.9 Å². The zero-order chi connectivity index (χ0) is 13.5. The first kappa shape index (κ1) is 11.8. The van der Waals surface area contributed by atoms with Crippen molar-refractivity contribution in [1.29, 1.82) is 0 Å². The number of pyridine rings is 1. The minimum absolute atomic E-state index is 0.504. The molecule has 0 aliphatic carbocycles. The third-order valence-corrected chi connectivity index (χ3v) is 3.01. The van der Waals surface area contributed by atoms with Crippen molar-refractivity contribution in [3.63, 3.8) is 0 Å². The first-order chi connectivity index (χ1) is 9.05. The monoisotopic (exact) mass is 253 g/mol. The molecular formula is C14H15N5. The van der Waals surface area contributed by atoms with Gasteiger partial charge >= 0.3 is 0 Å². The Morgan fingerprint density at radius 1 is 1.16 bits per heavy atom. The van der Waals surface area contributed by atoms with Gasteiger partial charge in [-0.1, -0.05) is 23.4 Å². The van der Waals surface area contributed by atoms with Crippen molar-refractivity contribution in [2.75, 3.05) is 0 Å². The normalized spacial score (nSPS) is 11.9. The molecule has 0 aliphatic heterocycles. The van der Waals surface area contributed by atoms with Gasteiger partial charge in [0.1, 0.15) is 5.69 Å². The van der Waals surface area contributed by atoms with Crippen LogP contribution in [-0.4, -0.2) is 20.0 Å². The maximum Gasteiger partial charge on any atom is 0.102 e. The maximum absolute atomic E-state index is 6.03. The molecule has 3 rings (SSSR count). The molecule has 0 unspecified atom stereocenters. The molecule has 19 heavy (non-hydrogen) atoms. The second-order valence-corrected chi connectivity index (χ2v) is 5.12. The highest BCUT2D eigenvalue weighted by Gasteiger charge is 2.19. The zero-order valence-electron chi connectivity index (χ0n) is 10.9. The van der Waals surface area contributed by atoms with Gasteiger partial charge in [0, 0.05) is 11.6 Å². The second kappa shape index (κ2) is 4.13. The van der Waals surface area contributed by atoms with Gasteiger partial charge in [0.25, 0.3) is 0 Å². The van der Waals surface area contributed by atoms with Gasteiger partial charge in [-0.3, -0.25) is 4.98 Å². The van der Waals surface area contributed by atoms with Crippen molar-refractivity contribution in [2.45, 2.75) is 19.4 Å². The predicted octanol–water partition coefficient (Wildman–Crippen LogP) is 2.01. The number of hydrogen-bond acceptors (Lipinski definition) is 4. The fourth-order valence-corrected chi connectivity index (χ4v) is 1.95. The molecule has 1 aromatic carbocycles. The van der Waals surface area contributed by atoms with Gasteiger partial charge in [-0.15, -0.1) is 5.10 Å². The minimum Gasteiger partial charge on any atom is -0.320 e. The highest BCUT2D eigenvalue weighted by molar-refractivity contribution is 5.86. The lowest BCUT2D eigenvalue weighted by Gasteiger charge is -2.13. The van der Waals surface area contributed by atoms with E-state index in [2.05, 4.69) is 15.3 Å². The topological polar surface area (TPSA) is 69.6 Å². The van der Waals surface area contributed by atoms with Gasteiger partial charge in [-0.25, -0.2) is 4.68 Å². The fourth-order valence-electron chi connectivity index (χ4n) is 1.95.